The third kappa shape index (κ3) is 6.38. The van der Waals surface area contributed by atoms with Crippen molar-refractivity contribution in [3.63, 3.8) is 0 Å². The topological polar surface area (TPSA) is 98.7 Å². The molecule has 0 bridgehead atoms. The fourth-order valence-electron chi connectivity index (χ4n) is 0.765. The predicted octanol–water partition coefficient (Wildman–Crippen LogP) is -1.45. The summed E-state index contributed by atoms with van der Waals surface area (Å²) in [6.07, 6.45) is -1.25. The molecule has 0 radical (unpaired) electrons. The second-order valence-electron chi connectivity index (χ2n) is 2.76. The Morgan fingerprint density at radius 1 is 1.43 bits per heavy atom. The zero-order valence-electron chi connectivity index (χ0n) is 8.12. The number of carbonyl (C=O) groups excluding carboxylic acids is 1. The molecule has 4 N–H and O–H groups in total. The van der Waals surface area contributed by atoms with Crippen LogP contribution in [-0.2, 0) is 9.59 Å². The van der Waals surface area contributed by atoms with Gasteiger partial charge in [-0.05, 0) is 6.54 Å². The van der Waals surface area contributed by atoms with E-state index in [2.05, 4.69) is 10.6 Å². The van der Waals surface area contributed by atoms with Gasteiger partial charge in [0.15, 0.2) is 6.10 Å². The number of nitrogens with one attached hydrogen (secondary N) is 2. The van der Waals surface area contributed by atoms with E-state index in [9.17, 15) is 9.59 Å². The third-order valence-corrected chi connectivity index (χ3v) is 1.56. The summed E-state index contributed by atoms with van der Waals surface area (Å²) in [5.41, 5.74) is 0. The van der Waals surface area contributed by atoms with Crippen LogP contribution in [-0.4, -0.2) is 47.8 Å². The van der Waals surface area contributed by atoms with Crippen molar-refractivity contribution in [3.05, 3.63) is 0 Å². The number of hydrogen-bond acceptors (Lipinski definition) is 4. The van der Waals surface area contributed by atoms with E-state index in [0.717, 1.165) is 6.54 Å². The van der Waals surface area contributed by atoms with Crippen molar-refractivity contribution < 1.29 is 19.8 Å². The standard InChI is InChI=1S/C8H16N2O4/c1-2-9-4-3-7(12)10-5-6(11)8(13)14/h6,9,11H,2-5H2,1H3,(H,10,12)(H,13,14)/t6-/m0/s1. The highest BCUT2D eigenvalue weighted by atomic mass is 16.4. The number of aliphatic hydroxyl groups is 1. The van der Waals surface area contributed by atoms with Gasteiger partial charge in [0.2, 0.25) is 5.91 Å². The Morgan fingerprint density at radius 3 is 2.57 bits per heavy atom. The van der Waals surface area contributed by atoms with E-state index in [-0.39, 0.29) is 18.9 Å². The van der Waals surface area contributed by atoms with E-state index in [1.54, 1.807) is 0 Å². The SMILES string of the molecule is CCNCCC(=O)NC[C@H](O)C(=O)O. The fourth-order valence-corrected chi connectivity index (χ4v) is 0.765. The summed E-state index contributed by atoms with van der Waals surface area (Å²) in [5, 5.41) is 22.4. The van der Waals surface area contributed by atoms with Crippen molar-refractivity contribution in [2.24, 2.45) is 0 Å². The van der Waals surface area contributed by atoms with Gasteiger partial charge in [-0.25, -0.2) is 4.79 Å². The number of aliphatic carboxylic acids is 1. The Balaban J connectivity index is 3.48. The Bertz CT molecular complexity index is 196. The van der Waals surface area contributed by atoms with Gasteiger partial charge in [-0.15, -0.1) is 0 Å². The average molecular weight is 204 g/mol. The molecule has 0 unspecified atom stereocenters. The van der Waals surface area contributed by atoms with E-state index in [4.69, 9.17) is 10.2 Å². The summed E-state index contributed by atoms with van der Waals surface area (Å²) in [7, 11) is 0. The minimum absolute atomic E-state index is 0.250. The first-order chi connectivity index (χ1) is 6.57. The fraction of sp³-hybridized carbons (Fsp3) is 0.750. The van der Waals surface area contributed by atoms with Gasteiger partial charge in [-0.1, -0.05) is 6.92 Å². The van der Waals surface area contributed by atoms with Crippen LogP contribution in [0.3, 0.4) is 0 Å². The van der Waals surface area contributed by atoms with Gasteiger partial charge in [0.05, 0.1) is 6.54 Å². The van der Waals surface area contributed by atoms with Crippen LogP contribution in [0.5, 0.6) is 0 Å². The molecular weight excluding hydrogens is 188 g/mol. The van der Waals surface area contributed by atoms with E-state index in [1.807, 2.05) is 6.92 Å². The predicted molar refractivity (Wildman–Crippen MR) is 49.8 cm³/mol. The summed E-state index contributed by atoms with van der Waals surface area (Å²) in [4.78, 5) is 21.1. The number of carbonyl (C=O) groups is 2. The molecule has 6 nitrogen and oxygen atoms in total. The number of rotatable bonds is 7. The smallest absolute Gasteiger partial charge is 0.334 e. The van der Waals surface area contributed by atoms with Crippen LogP contribution in [0.15, 0.2) is 0 Å². The highest BCUT2D eigenvalue weighted by Crippen LogP contribution is 1.82. The molecule has 0 aromatic heterocycles. The van der Waals surface area contributed by atoms with Crippen LogP contribution in [0.25, 0.3) is 0 Å². The maximum atomic E-state index is 11.0. The first-order valence-electron chi connectivity index (χ1n) is 4.46. The summed E-state index contributed by atoms with van der Waals surface area (Å²) in [6, 6.07) is 0. The molecule has 14 heavy (non-hydrogen) atoms. The van der Waals surface area contributed by atoms with Crippen LogP contribution in [0.1, 0.15) is 13.3 Å². The number of carboxylic acid groups (broad SMARTS) is 1. The average Bonchev–Trinajstić information content (AvgIpc) is 2.14. The highest BCUT2D eigenvalue weighted by molar-refractivity contribution is 5.78. The Morgan fingerprint density at radius 2 is 2.07 bits per heavy atom. The number of amides is 1. The lowest BCUT2D eigenvalue weighted by atomic mass is 10.3. The quantitative estimate of drug-likeness (QED) is 0.380. The van der Waals surface area contributed by atoms with Crippen LogP contribution in [0.4, 0.5) is 0 Å². The van der Waals surface area contributed by atoms with E-state index in [0.29, 0.717) is 6.54 Å². The van der Waals surface area contributed by atoms with Gasteiger partial charge in [0.25, 0.3) is 0 Å². The molecule has 0 spiro atoms. The molecule has 0 aromatic rings. The number of aliphatic hydroxyl groups excluding tert-OH is 1. The molecule has 1 atom stereocenters. The molecule has 0 aliphatic rings. The van der Waals surface area contributed by atoms with Crippen molar-refractivity contribution >= 4 is 11.9 Å². The lowest BCUT2D eigenvalue weighted by Gasteiger charge is -2.07. The van der Waals surface area contributed by atoms with Crippen molar-refractivity contribution in [1.82, 2.24) is 10.6 Å². The Hall–Kier alpha value is -1.14. The zero-order valence-corrected chi connectivity index (χ0v) is 8.12. The van der Waals surface area contributed by atoms with Gasteiger partial charge in [-0.3, -0.25) is 4.79 Å². The summed E-state index contributed by atoms with van der Waals surface area (Å²) >= 11 is 0. The molecule has 82 valence electrons. The van der Waals surface area contributed by atoms with Gasteiger partial charge in [-0.2, -0.15) is 0 Å². The van der Waals surface area contributed by atoms with Gasteiger partial charge < -0.3 is 20.8 Å². The van der Waals surface area contributed by atoms with E-state index in [1.165, 1.54) is 0 Å². The first kappa shape index (κ1) is 12.9. The van der Waals surface area contributed by atoms with Crippen molar-refractivity contribution in [2.75, 3.05) is 19.6 Å². The highest BCUT2D eigenvalue weighted by Gasteiger charge is 2.13. The lowest BCUT2D eigenvalue weighted by molar-refractivity contribution is -0.146. The monoisotopic (exact) mass is 204 g/mol. The summed E-state index contributed by atoms with van der Waals surface area (Å²) in [5.74, 6) is -1.61. The molecule has 0 heterocycles. The second kappa shape index (κ2) is 7.28. The lowest BCUT2D eigenvalue weighted by Crippen LogP contribution is -2.37. The van der Waals surface area contributed by atoms with E-state index >= 15 is 0 Å². The normalized spacial score (nSPS) is 12.1. The van der Waals surface area contributed by atoms with Crippen molar-refractivity contribution in [2.45, 2.75) is 19.4 Å². The van der Waals surface area contributed by atoms with Crippen LogP contribution in [0.2, 0.25) is 0 Å². The van der Waals surface area contributed by atoms with Crippen LogP contribution >= 0.6 is 0 Å². The summed E-state index contributed by atoms with van der Waals surface area (Å²) < 4.78 is 0. The largest absolute Gasteiger partial charge is 0.479 e. The minimum Gasteiger partial charge on any atom is -0.479 e. The van der Waals surface area contributed by atoms with Crippen molar-refractivity contribution in [3.8, 4) is 0 Å². The molecule has 0 aromatic carbocycles. The van der Waals surface area contributed by atoms with Crippen LogP contribution in [0, 0.1) is 0 Å². The van der Waals surface area contributed by atoms with Gasteiger partial charge >= 0.3 is 5.97 Å². The Labute approximate surface area is 82.3 Å². The summed E-state index contributed by atoms with van der Waals surface area (Å²) in [6.45, 7) is 3.00. The van der Waals surface area contributed by atoms with Crippen LogP contribution < -0.4 is 10.6 Å². The zero-order chi connectivity index (χ0) is 11.0. The van der Waals surface area contributed by atoms with Gasteiger partial charge in [0, 0.05) is 13.0 Å². The molecule has 0 saturated heterocycles. The molecule has 6 heteroatoms. The van der Waals surface area contributed by atoms with Gasteiger partial charge in [0.1, 0.15) is 0 Å². The molecule has 0 saturated carbocycles. The maximum Gasteiger partial charge on any atom is 0.334 e. The molecule has 1 amide bonds. The minimum atomic E-state index is -1.53. The number of hydrogen-bond donors (Lipinski definition) is 4. The molecule has 0 fully saturated rings. The molecular formula is C8H16N2O4. The molecule has 0 rings (SSSR count). The first-order valence-corrected chi connectivity index (χ1v) is 4.46. The third-order valence-electron chi connectivity index (χ3n) is 1.56. The number of carboxylic acids is 1. The van der Waals surface area contributed by atoms with E-state index < -0.39 is 12.1 Å². The molecule has 0 aliphatic carbocycles. The second-order valence-corrected chi connectivity index (χ2v) is 2.76. The Kier molecular flexibility index (Phi) is 6.69. The molecule has 0 aliphatic heterocycles. The van der Waals surface area contributed by atoms with Crippen molar-refractivity contribution in [1.29, 1.82) is 0 Å². The maximum absolute atomic E-state index is 11.0.